The van der Waals surface area contributed by atoms with Gasteiger partial charge in [0.1, 0.15) is 0 Å². The smallest absolute Gasteiger partial charge is 0.216 e. The minimum absolute atomic E-state index is 0.169. The second kappa shape index (κ2) is 5.96. The van der Waals surface area contributed by atoms with Crippen LogP contribution < -0.4 is 0 Å². The van der Waals surface area contributed by atoms with Crippen LogP contribution in [0.2, 0.25) is 0 Å². The maximum atomic E-state index is 11.5. The van der Waals surface area contributed by atoms with E-state index in [4.69, 9.17) is 10.4 Å². The summed E-state index contributed by atoms with van der Waals surface area (Å²) in [7, 11) is -3.41. The largest absolute Gasteiger partial charge is 0.395 e. The third kappa shape index (κ3) is 4.05. The Labute approximate surface area is 85.0 Å². The van der Waals surface area contributed by atoms with Crippen molar-refractivity contribution in [2.75, 3.05) is 18.9 Å². The van der Waals surface area contributed by atoms with Crippen LogP contribution in [0.3, 0.4) is 0 Å². The van der Waals surface area contributed by atoms with Crippen LogP contribution in [0.25, 0.3) is 0 Å². The van der Waals surface area contributed by atoms with Gasteiger partial charge in [-0.3, -0.25) is 0 Å². The van der Waals surface area contributed by atoms with E-state index in [0.717, 1.165) is 0 Å². The number of aliphatic hydroxyl groups excluding tert-OH is 1. The van der Waals surface area contributed by atoms with Gasteiger partial charge in [0.25, 0.3) is 0 Å². The zero-order valence-corrected chi connectivity index (χ0v) is 9.29. The molecule has 6 heteroatoms. The lowest BCUT2D eigenvalue weighted by Gasteiger charge is -2.24. The predicted molar refractivity (Wildman–Crippen MR) is 52.9 cm³/mol. The molecule has 0 aromatic heterocycles. The van der Waals surface area contributed by atoms with E-state index in [1.807, 2.05) is 6.07 Å². The molecule has 14 heavy (non-hydrogen) atoms. The van der Waals surface area contributed by atoms with E-state index >= 15 is 0 Å². The van der Waals surface area contributed by atoms with Crippen molar-refractivity contribution in [2.24, 2.45) is 0 Å². The summed E-state index contributed by atoms with van der Waals surface area (Å²) < 4.78 is 24.3. The van der Waals surface area contributed by atoms with Crippen LogP contribution in [0, 0.1) is 11.3 Å². The third-order valence-corrected chi connectivity index (χ3v) is 3.74. The van der Waals surface area contributed by atoms with Gasteiger partial charge in [-0.1, -0.05) is 0 Å². The topological polar surface area (TPSA) is 81.4 Å². The van der Waals surface area contributed by atoms with Gasteiger partial charge in [-0.15, -0.1) is 0 Å². The molecular formula is C8H16N2O3S. The molecule has 0 aromatic carbocycles. The van der Waals surface area contributed by atoms with Gasteiger partial charge in [-0.25, -0.2) is 8.42 Å². The lowest BCUT2D eigenvalue weighted by atomic mass is 10.3. The molecule has 0 aliphatic heterocycles. The highest BCUT2D eigenvalue weighted by Crippen LogP contribution is 2.07. The highest BCUT2D eigenvalue weighted by molar-refractivity contribution is 7.89. The van der Waals surface area contributed by atoms with Gasteiger partial charge in [0.15, 0.2) is 0 Å². The molecule has 0 spiro atoms. The van der Waals surface area contributed by atoms with Crippen LogP contribution >= 0.6 is 0 Å². The Balaban J connectivity index is 4.58. The molecule has 0 aliphatic carbocycles. The minimum Gasteiger partial charge on any atom is -0.395 e. The molecule has 0 bridgehead atoms. The molecule has 0 amide bonds. The van der Waals surface area contributed by atoms with E-state index in [1.54, 1.807) is 13.8 Å². The van der Waals surface area contributed by atoms with Gasteiger partial charge in [0, 0.05) is 19.0 Å². The summed E-state index contributed by atoms with van der Waals surface area (Å²) in [5.41, 5.74) is 0. The van der Waals surface area contributed by atoms with Crippen molar-refractivity contribution in [2.45, 2.75) is 26.3 Å². The lowest BCUT2D eigenvalue weighted by molar-refractivity contribution is 0.308. The average molecular weight is 220 g/mol. The van der Waals surface area contributed by atoms with E-state index in [-0.39, 0.29) is 24.8 Å². The summed E-state index contributed by atoms with van der Waals surface area (Å²) in [5, 5.41) is 17.0. The first kappa shape index (κ1) is 13.4. The summed E-state index contributed by atoms with van der Waals surface area (Å²) in [6.07, 6.45) is 0.169. The molecule has 0 saturated carbocycles. The lowest BCUT2D eigenvalue weighted by Crippen LogP contribution is -2.39. The predicted octanol–water partition coefficient (Wildman–Crippen LogP) is -0.0674. The van der Waals surface area contributed by atoms with E-state index in [1.165, 1.54) is 4.31 Å². The highest BCUT2D eigenvalue weighted by atomic mass is 32.2. The summed E-state index contributed by atoms with van der Waals surface area (Å²) in [5.74, 6) is -0.281. The van der Waals surface area contributed by atoms with Crippen molar-refractivity contribution >= 4 is 10.0 Å². The standard InChI is InChI=1S/C8H16N2O3S/c1-8(2)10(5-3-4-9)14(12,13)7-6-11/h8,11H,3,5-7H2,1-2H3. The first-order chi connectivity index (χ1) is 6.45. The van der Waals surface area contributed by atoms with Gasteiger partial charge in [-0.2, -0.15) is 9.57 Å². The average Bonchev–Trinajstić information content (AvgIpc) is 2.03. The molecule has 0 atom stereocenters. The van der Waals surface area contributed by atoms with Gasteiger partial charge in [0.05, 0.1) is 18.4 Å². The van der Waals surface area contributed by atoms with Crippen LogP contribution in [-0.4, -0.2) is 42.8 Å². The third-order valence-electron chi connectivity index (χ3n) is 1.73. The SMILES string of the molecule is CC(C)N(CCC#N)S(=O)(=O)CCO. The molecule has 0 saturated heterocycles. The maximum absolute atomic E-state index is 11.5. The molecule has 0 fully saturated rings. The number of rotatable bonds is 6. The first-order valence-corrected chi connectivity index (χ1v) is 6.04. The fraction of sp³-hybridized carbons (Fsp3) is 0.875. The van der Waals surface area contributed by atoms with Crippen LogP contribution in [0.15, 0.2) is 0 Å². The number of aliphatic hydroxyl groups is 1. The van der Waals surface area contributed by atoms with E-state index < -0.39 is 16.6 Å². The van der Waals surface area contributed by atoms with Crippen molar-refractivity contribution in [3.05, 3.63) is 0 Å². The number of hydrogen-bond donors (Lipinski definition) is 1. The Morgan fingerprint density at radius 3 is 2.43 bits per heavy atom. The minimum atomic E-state index is -3.41. The summed E-state index contributed by atoms with van der Waals surface area (Å²) >= 11 is 0. The van der Waals surface area contributed by atoms with Crippen LogP contribution in [0.1, 0.15) is 20.3 Å². The molecular weight excluding hydrogens is 204 g/mol. The van der Waals surface area contributed by atoms with Gasteiger partial charge in [0.2, 0.25) is 10.0 Å². The molecule has 82 valence electrons. The van der Waals surface area contributed by atoms with Gasteiger partial charge in [-0.05, 0) is 13.8 Å². The highest BCUT2D eigenvalue weighted by Gasteiger charge is 2.23. The number of nitriles is 1. The van der Waals surface area contributed by atoms with E-state index in [9.17, 15) is 8.42 Å². The maximum Gasteiger partial charge on any atom is 0.216 e. The molecule has 0 aromatic rings. The molecule has 0 rings (SSSR count). The zero-order valence-electron chi connectivity index (χ0n) is 8.47. The fourth-order valence-corrected chi connectivity index (χ4v) is 2.59. The number of sulfonamides is 1. The summed E-state index contributed by atoms with van der Waals surface area (Å²) in [6.45, 7) is 3.28. The molecule has 5 nitrogen and oxygen atoms in total. The van der Waals surface area contributed by atoms with E-state index in [0.29, 0.717) is 0 Å². The molecule has 0 unspecified atom stereocenters. The zero-order chi connectivity index (χ0) is 11.2. The van der Waals surface area contributed by atoms with Crippen LogP contribution in [0.4, 0.5) is 0 Å². The Morgan fingerprint density at radius 2 is 2.07 bits per heavy atom. The Kier molecular flexibility index (Phi) is 5.69. The molecule has 0 aliphatic rings. The summed E-state index contributed by atoms with van der Waals surface area (Å²) in [4.78, 5) is 0. The molecule has 0 heterocycles. The van der Waals surface area contributed by atoms with Gasteiger partial charge >= 0.3 is 0 Å². The normalized spacial score (nSPS) is 12.0. The first-order valence-electron chi connectivity index (χ1n) is 4.43. The monoisotopic (exact) mass is 220 g/mol. The van der Waals surface area contributed by atoms with Gasteiger partial charge < -0.3 is 5.11 Å². The van der Waals surface area contributed by atoms with Crippen LogP contribution in [0.5, 0.6) is 0 Å². The van der Waals surface area contributed by atoms with Crippen molar-refractivity contribution in [3.8, 4) is 6.07 Å². The second-order valence-corrected chi connectivity index (χ2v) is 5.19. The number of nitrogens with zero attached hydrogens (tertiary/aromatic N) is 2. The Hall–Kier alpha value is -0.640. The van der Waals surface area contributed by atoms with Crippen molar-refractivity contribution in [3.63, 3.8) is 0 Å². The quantitative estimate of drug-likeness (QED) is 0.679. The molecule has 1 N–H and O–H groups in total. The Bertz CT molecular complexity index is 292. The number of hydrogen-bond acceptors (Lipinski definition) is 4. The van der Waals surface area contributed by atoms with E-state index in [2.05, 4.69) is 0 Å². The van der Waals surface area contributed by atoms with Crippen molar-refractivity contribution < 1.29 is 13.5 Å². The van der Waals surface area contributed by atoms with Crippen LogP contribution in [-0.2, 0) is 10.0 Å². The molecule has 0 radical (unpaired) electrons. The van der Waals surface area contributed by atoms with Crippen molar-refractivity contribution in [1.82, 2.24) is 4.31 Å². The second-order valence-electron chi connectivity index (χ2n) is 3.15. The summed E-state index contributed by atoms with van der Waals surface area (Å²) in [6, 6.07) is 1.72. The fourth-order valence-electron chi connectivity index (χ4n) is 1.11. The van der Waals surface area contributed by atoms with Crippen molar-refractivity contribution in [1.29, 1.82) is 5.26 Å². The Morgan fingerprint density at radius 1 is 1.50 bits per heavy atom.